The molecular formula is C13H26N2O2. The van der Waals surface area contributed by atoms with Crippen molar-refractivity contribution in [2.45, 2.75) is 52.1 Å². The number of nitrogens with zero attached hydrogens (tertiary/aromatic N) is 1. The maximum Gasteiger partial charge on any atom is 0.317 e. The molecule has 1 aliphatic rings. The molecule has 0 bridgehead atoms. The lowest BCUT2D eigenvalue weighted by Gasteiger charge is -2.23. The van der Waals surface area contributed by atoms with Gasteiger partial charge in [-0.2, -0.15) is 0 Å². The predicted octanol–water partition coefficient (Wildman–Crippen LogP) is 2.39. The number of amides is 2. The first-order valence-electron chi connectivity index (χ1n) is 6.92. The minimum absolute atomic E-state index is 0.0160. The monoisotopic (exact) mass is 242 g/mol. The zero-order chi connectivity index (χ0) is 12.5. The number of carbonyl (C=O) groups is 1. The van der Waals surface area contributed by atoms with Crippen LogP contribution in [0.3, 0.4) is 0 Å². The molecule has 2 amide bonds. The molecule has 1 rings (SSSR count). The molecule has 4 heteroatoms. The van der Waals surface area contributed by atoms with E-state index in [0.717, 1.165) is 13.1 Å². The quantitative estimate of drug-likeness (QED) is 0.727. The summed E-state index contributed by atoms with van der Waals surface area (Å²) in [4.78, 5) is 13.4. The lowest BCUT2D eigenvalue weighted by molar-refractivity contribution is 0.0307. The van der Waals surface area contributed by atoms with Crippen molar-refractivity contribution >= 4 is 6.03 Å². The Hall–Kier alpha value is -0.770. The lowest BCUT2D eigenvalue weighted by atomic mass is 9.98. The molecule has 0 heterocycles. The second-order valence-electron chi connectivity index (χ2n) is 4.54. The molecule has 0 spiro atoms. The summed E-state index contributed by atoms with van der Waals surface area (Å²) in [6.07, 6.45) is 6.72. The van der Waals surface area contributed by atoms with Crippen LogP contribution in [0.25, 0.3) is 0 Å². The fraction of sp³-hybridized carbons (Fsp3) is 0.923. The van der Waals surface area contributed by atoms with Gasteiger partial charge in [-0.25, -0.2) is 4.79 Å². The molecule has 1 saturated carbocycles. The summed E-state index contributed by atoms with van der Waals surface area (Å²) < 4.78 is 5.75. The topological polar surface area (TPSA) is 41.6 Å². The van der Waals surface area contributed by atoms with E-state index in [1.807, 2.05) is 13.8 Å². The van der Waals surface area contributed by atoms with E-state index in [-0.39, 0.29) is 6.03 Å². The molecule has 1 aliphatic carbocycles. The number of carbonyl (C=O) groups excluding carboxylic acids is 1. The minimum atomic E-state index is 0.0160. The van der Waals surface area contributed by atoms with Gasteiger partial charge in [-0.1, -0.05) is 19.3 Å². The van der Waals surface area contributed by atoms with E-state index in [4.69, 9.17) is 4.74 Å². The van der Waals surface area contributed by atoms with Crippen molar-refractivity contribution in [3.63, 3.8) is 0 Å². The first-order valence-corrected chi connectivity index (χ1v) is 6.92. The summed E-state index contributed by atoms with van der Waals surface area (Å²) >= 11 is 0. The van der Waals surface area contributed by atoms with Crippen LogP contribution >= 0.6 is 0 Å². The highest BCUT2D eigenvalue weighted by molar-refractivity contribution is 5.73. The molecule has 4 nitrogen and oxygen atoms in total. The Morgan fingerprint density at radius 1 is 1.24 bits per heavy atom. The molecule has 0 unspecified atom stereocenters. The Morgan fingerprint density at radius 3 is 2.47 bits per heavy atom. The van der Waals surface area contributed by atoms with E-state index in [0.29, 0.717) is 19.3 Å². The highest BCUT2D eigenvalue weighted by Gasteiger charge is 2.13. The number of hydrogen-bond acceptors (Lipinski definition) is 2. The molecule has 0 aromatic carbocycles. The number of hydrogen-bond donors (Lipinski definition) is 1. The molecule has 0 radical (unpaired) electrons. The Morgan fingerprint density at radius 2 is 1.88 bits per heavy atom. The molecule has 0 aromatic heterocycles. The lowest BCUT2D eigenvalue weighted by Crippen LogP contribution is -2.41. The first-order chi connectivity index (χ1) is 8.27. The number of urea groups is 1. The summed E-state index contributed by atoms with van der Waals surface area (Å²) in [6.45, 7) is 6.74. The smallest absolute Gasteiger partial charge is 0.317 e. The third kappa shape index (κ3) is 5.39. The van der Waals surface area contributed by atoms with Gasteiger partial charge in [0.15, 0.2) is 0 Å². The van der Waals surface area contributed by atoms with E-state index in [1.54, 1.807) is 4.90 Å². The molecule has 17 heavy (non-hydrogen) atoms. The predicted molar refractivity (Wildman–Crippen MR) is 69.1 cm³/mol. The fourth-order valence-electron chi connectivity index (χ4n) is 2.24. The van der Waals surface area contributed by atoms with Crippen molar-refractivity contribution in [1.29, 1.82) is 0 Å². The van der Waals surface area contributed by atoms with Crippen LogP contribution < -0.4 is 5.32 Å². The Kier molecular flexibility index (Phi) is 7.01. The third-order valence-corrected chi connectivity index (χ3v) is 3.33. The third-order valence-electron chi connectivity index (χ3n) is 3.33. The van der Waals surface area contributed by atoms with E-state index < -0.39 is 0 Å². The largest absolute Gasteiger partial charge is 0.376 e. The van der Waals surface area contributed by atoms with Crippen LogP contribution in [0.4, 0.5) is 4.79 Å². The van der Waals surface area contributed by atoms with Crippen LogP contribution in [-0.2, 0) is 4.74 Å². The second kappa shape index (κ2) is 8.34. The summed E-state index contributed by atoms with van der Waals surface area (Å²) in [5.41, 5.74) is 0. The minimum Gasteiger partial charge on any atom is -0.376 e. The second-order valence-corrected chi connectivity index (χ2v) is 4.54. The van der Waals surface area contributed by atoms with Crippen molar-refractivity contribution in [1.82, 2.24) is 10.2 Å². The molecule has 1 N–H and O–H groups in total. The molecule has 0 saturated heterocycles. The van der Waals surface area contributed by atoms with Gasteiger partial charge in [0.25, 0.3) is 0 Å². The maximum absolute atomic E-state index is 11.6. The van der Waals surface area contributed by atoms with Crippen molar-refractivity contribution in [3.8, 4) is 0 Å². The van der Waals surface area contributed by atoms with Crippen LogP contribution in [-0.4, -0.2) is 43.3 Å². The van der Waals surface area contributed by atoms with E-state index in [1.165, 1.54) is 32.1 Å². The highest BCUT2D eigenvalue weighted by Crippen LogP contribution is 2.19. The van der Waals surface area contributed by atoms with Crippen LogP contribution in [0, 0.1) is 0 Å². The molecule has 0 atom stereocenters. The number of ether oxygens (including phenoxy) is 1. The van der Waals surface area contributed by atoms with Crippen molar-refractivity contribution in [2.24, 2.45) is 0 Å². The summed E-state index contributed by atoms with van der Waals surface area (Å²) in [7, 11) is 0. The number of rotatable bonds is 6. The normalized spacial score (nSPS) is 16.8. The van der Waals surface area contributed by atoms with Gasteiger partial charge in [0, 0.05) is 19.6 Å². The van der Waals surface area contributed by atoms with Crippen LogP contribution in [0.2, 0.25) is 0 Å². The maximum atomic E-state index is 11.6. The standard InChI is InChI=1S/C13H26N2O2/c1-3-15(4-2)13(16)14-10-11-17-12-8-6-5-7-9-12/h12H,3-11H2,1-2H3,(H,14,16). The zero-order valence-electron chi connectivity index (χ0n) is 11.2. The van der Waals surface area contributed by atoms with Gasteiger partial charge in [-0.05, 0) is 26.7 Å². The number of nitrogens with one attached hydrogen (secondary N) is 1. The zero-order valence-corrected chi connectivity index (χ0v) is 11.2. The average Bonchev–Trinajstić information content (AvgIpc) is 2.37. The van der Waals surface area contributed by atoms with Gasteiger partial charge in [-0.3, -0.25) is 0 Å². The molecule has 0 aromatic rings. The van der Waals surface area contributed by atoms with Gasteiger partial charge in [0.05, 0.1) is 12.7 Å². The Balaban J connectivity index is 2.04. The van der Waals surface area contributed by atoms with E-state index >= 15 is 0 Å². The van der Waals surface area contributed by atoms with Crippen LogP contribution in [0.15, 0.2) is 0 Å². The van der Waals surface area contributed by atoms with Crippen molar-refractivity contribution in [3.05, 3.63) is 0 Å². The van der Waals surface area contributed by atoms with Crippen molar-refractivity contribution < 1.29 is 9.53 Å². The van der Waals surface area contributed by atoms with Crippen molar-refractivity contribution in [2.75, 3.05) is 26.2 Å². The molecule has 0 aliphatic heterocycles. The molecule has 100 valence electrons. The van der Waals surface area contributed by atoms with Gasteiger partial charge < -0.3 is 15.0 Å². The van der Waals surface area contributed by atoms with E-state index in [2.05, 4.69) is 5.32 Å². The summed E-state index contributed by atoms with van der Waals surface area (Å²) in [6, 6.07) is 0.0160. The SMILES string of the molecule is CCN(CC)C(=O)NCCOC1CCCCC1. The Bertz CT molecular complexity index is 211. The van der Waals surface area contributed by atoms with Gasteiger partial charge >= 0.3 is 6.03 Å². The fourth-order valence-corrected chi connectivity index (χ4v) is 2.24. The molecular weight excluding hydrogens is 216 g/mol. The first kappa shape index (κ1) is 14.3. The summed E-state index contributed by atoms with van der Waals surface area (Å²) in [5, 5.41) is 2.89. The molecule has 1 fully saturated rings. The van der Waals surface area contributed by atoms with E-state index in [9.17, 15) is 4.79 Å². The van der Waals surface area contributed by atoms with Crippen LogP contribution in [0.1, 0.15) is 46.0 Å². The average molecular weight is 242 g/mol. The summed E-state index contributed by atoms with van der Waals surface area (Å²) in [5.74, 6) is 0. The van der Waals surface area contributed by atoms with Gasteiger partial charge in [0.1, 0.15) is 0 Å². The Labute approximate surface area is 105 Å². The van der Waals surface area contributed by atoms with Gasteiger partial charge in [0.2, 0.25) is 0 Å². The van der Waals surface area contributed by atoms with Crippen LogP contribution in [0.5, 0.6) is 0 Å². The highest BCUT2D eigenvalue weighted by atomic mass is 16.5. The van der Waals surface area contributed by atoms with Gasteiger partial charge in [-0.15, -0.1) is 0 Å².